The number of carbonyl (C=O) groups excluding carboxylic acids is 2. The summed E-state index contributed by atoms with van der Waals surface area (Å²) in [5, 5.41) is 16.2. The SMILES string of the molecule is CC(CNC(=O)C(NC(=O)OCC1c2ccccc2-c2ccccc21)c1cccs1)CC(=O)O. The van der Waals surface area contributed by atoms with E-state index in [0.29, 0.717) is 4.88 Å². The Labute approximate surface area is 201 Å². The number of amides is 2. The highest BCUT2D eigenvalue weighted by molar-refractivity contribution is 7.10. The maximum atomic E-state index is 12.8. The van der Waals surface area contributed by atoms with Gasteiger partial charge in [0, 0.05) is 23.8 Å². The van der Waals surface area contributed by atoms with Gasteiger partial charge in [0.2, 0.25) is 5.91 Å². The van der Waals surface area contributed by atoms with Gasteiger partial charge in [-0.2, -0.15) is 0 Å². The number of carbonyl (C=O) groups is 3. The fourth-order valence-electron chi connectivity index (χ4n) is 4.23. The maximum absolute atomic E-state index is 12.8. The Morgan fingerprint density at radius 3 is 2.24 bits per heavy atom. The standard InChI is InChI=1S/C26H26N2O5S/c1-16(13-23(29)30)14-27-25(31)24(22-11-6-12-34-22)28-26(32)33-15-21-19-9-4-2-7-17(19)18-8-3-5-10-20(18)21/h2-12,16,21,24H,13-15H2,1H3,(H,27,31)(H,28,32)(H,29,30). The first-order chi connectivity index (χ1) is 16.4. The minimum Gasteiger partial charge on any atom is -0.481 e. The van der Waals surface area contributed by atoms with Crippen molar-refractivity contribution in [3.05, 3.63) is 82.0 Å². The summed E-state index contributed by atoms with van der Waals surface area (Å²) >= 11 is 1.35. The Balaban J connectivity index is 1.41. The largest absolute Gasteiger partial charge is 0.481 e. The van der Waals surface area contributed by atoms with E-state index in [1.807, 2.05) is 41.8 Å². The smallest absolute Gasteiger partial charge is 0.408 e. The predicted octanol–water partition coefficient (Wildman–Crippen LogP) is 4.55. The van der Waals surface area contributed by atoms with Gasteiger partial charge >= 0.3 is 12.1 Å². The molecule has 1 aliphatic rings. The molecular formula is C26H26N2O5S. The number of fused-ring (bicyclic) bond motifs is 3. The maximum Gasteiger partial charge on any atom is 0.408 e. The number of hydrogen-bond donors (Lipinski definition) is 3. The van der Waals surface area contributed by atoms with Gasteiger partial charge < -0.3 is 20.5 Å². The van der Waals surface area contributed by atoms with Crippen molar-refractivity contribution in [2.24, 2.45) is 5.92 Å². The van der Waals surface area contributed by atoms with Crippen LogP contribution in [0.25, 0.3) is 11.1 Å². The number of aliphatic carboxylic acids is 1. The molecule has 0 saturated carbocycles. The van der Waals surface area contributed by atoms with Gasteiger partial charge in [-0.3, -0.25) is 9.59 Å². The number of benzene rings is 2. The first-order valence-electron chi connectivity index (χ1n) is 11.1. The number of ether oxygens (including phenoxy) is 1. The average Bonchev–Trinajstić information content (AvgIpc) is 3.46. The third kappa shape index (κ3) is 5.28. The number of hydrogen-bond acceptors (Lipinski definition) is 5. The summed E-state index contributed by atoms with van der Waals surface area (Å²) < 4.78 is 5.59. The van der Waals surface area contributed by atoms with Crippen LogP contribution in [0.1, 0.15) is 41.3 Å². The molecule has 0 fully saturated rings. The fourth-order valence-corrected chi connectivity index (χ4v) is 5.00. The molecule has 0 radical (unpaired) electrons. The third-order valence-corrected chi connectivity index (χ3v) is 6.78. The number of carboxylic acid groups (broad SMARTS) is 1. The molecule has 4 rings (SSSR count). The number of alkyl carbamates (subject to hydrolysis) is 1. The second kappa shape index (κ2) is 10.5. The van der Waals surface area contributed by atoms with Crippen LogP contribution in [-0.4, -0.2) is 36.2 Å². The van der Waals surface area contributed by atoms with E-state index in [0.717, 1.165) is 22.3 Å². The number of nitrogens with one attached hydrogen (secondary N) is 2. The number of rotatable bonds is 9. The second-order valence-corrected chi connectivity index (χ2v) is 9.35. The molecule has 0 aliphatic heterocycles. The van der Waals surface area contributed by atoms with Gasteiger partial charge in [-0.05, 0) is 39.6 Å². The van der Waals surface area contributed by atoms with E-state index >= 15 is 0 Å². The average molecular weight is 479 g/mol. The van der Waals surface area contributed by atoms with E-state index in [-0.39, 0.29) is 31.4 Å². The lowest BCUT2D eigenvalue weighted by Crippen LogP contribution is -2.42. The lowest BCUT2D eigenvalue weighted by atomic mass is 9.98. The van der Waals surface area contributed by atoms with E-state index in [1.54, 1.807) is 19.1 Å². The molecule has 8 heteroatoms. The topological polar surface area (TPSA) is 105 Å². The molecule has 7 nitrogen and oxygen atoms in total. The van der Waals surface area contributed by atoms with Crippen LogP contribution in [0.4, 0.5) is 4.79 Å². The lowest BCUT2D eigenvalue weighted by Gasteiger charge is -2.20. The van der Waals surface area contributed by atoms with Crippen molar-refractivity contribution in [3.8, 4) is 11.1 Å². The molecule has 176 valence electrons. The van der Waals surface area contributed by atoms with Crippen molar-refractivity contribution in [3.63, 3.8) is 0 Å². The summed E-state index contributed by atoms with van der Waals surface area (Å²) in [6, 6.07) is 18.8. The molecule has 2 unspecified atom stereocenters. The Bertz CT molecular complexity index is 1130. The zero-order valence-corrected chi connectivity index (χ0v) is 19.5. The molecule has 1 heterocycles. The van der Waals surface area contributed by atoms with Crippen molar-refractivity contribution in [2.45, 2.75) is 25.3 Å². The number of carboxylic acids is 1. The molecule has 0 saturated heterocycles. The van der Waals surface area contributed by atoms with Crippen LogP contribution in [0.2, 0.25) is 0 Å². The molecule has 1 aliphatic carbocycles. The van der Waals surface area contributed by atoms with E-state index < -0.39 is 24.0 Å². The van der Waals surface area contributed by atoms with Crippen molar-refractivity contribution >= 4 is 29.3 Å². The normalized spacial score (nSPS) is 13.9. The molecular weight excluding hydrogens is 452 g/mol. The van der Waals surface area contributed by atoms with Gasteiger partial charge in [-0.25, -0.2) is 4.79 Å². The summed E-state index contributed by atoms with van der Waals surface area (Å²) in [4.78, 5) is 37.1. The molecule has 3 N–H and O–H groups in total. The molecule has 1 aromatic heterocycles. The van der Waals surface area contributed by atoms with E-state index in [4.69, 9.17) is 9.84 Å². The van der Waals surface area contributed by atoms with Crippen LogP contribution in [-0.2, 0) is 14.3 Å². The van der Waals surface area contributed by atoms with Crippen molar-refractivity contribution in [2.75, 3.05) is 13.2 Å². The molecule has 2 aromatic carbocycles. The Kier molecular flexibility index (Phi) is 7.27. The first-order valence-corrected chi connectivity index (χ1v) is 12.0. The Morgan fingerprint density at radius 2 is 1.65 bits per heavy atom. The summed E-state index contributed by atoms with van der Waals surface area (Å²) in [6.45, 7) is 2.08. The summed E-state index contributed by atoms with van der Waals surface area (Å²) in [5.74, 6) is -1.65. The third-order valence-electron chi connectivity index (χ3n) is 5.84. The van der Waals surface area contributed by atoms with Gasteiger partial charge in [0.05, 0.1) is 0 Å². The van der Waals surface area contributed by atoms with Crippen LogP contribution in [0.5, 0.6) is 0 Å². The monoisotopic (exact) mass is 478 g/mol. The summed E-state index contributed by atoms with van der Waals surface area (Å²) in [6.07, 6.45) is -0.738. The van der Waals surface area contributed by atoms with Crippen molar-refractivity contribution in [1.29, 1.82) is 0 Å². The quantitative estimate of drug-likeness (QED) is 0.418. The minimum atomic E-state index is -0.923. The van der Waals surface area contributed by atoms with Gasteiger partial charge in [-0.1, -0.05) is 61.5 Å². The summed E-state index contributed by atoms with van der Waals surface area (Å²) in [5.41, 5.74) is 4.49. The molecule has 2 amide bonds. The lowest BCUT2D eigenvalue weighted by molar-refractivity contribution is -0.138. The van der Waals surface area contributed by atoms with Crippen molar-refractivity contribution in [1.82, 2.24) is 10.6 Å². The second-order valence-electron chi connectivity index (χ2n) is 8.37. The molecule has 0 spiro atoms. The zero-order chi connectivity index (χ0) is 24.1. The van der Waals surface area contributed by atoms with Crippen LogP contribution in [0.3, 0.4) is 0 Å². The predicted molar refractivity (Wildman–Crippen MR) is 130 cm³/mol. The first kappa shape index (κ1) is 23.5. The van der Waals surface area contributed by atoms with Gasteiger partial charge in [-0.15, -0.1) is 11.3 Å². The molecule has 34 heavy (non-hydrogen) atoms. The zero-order valence-electron chi connectivity index (χ0n) is 18.7. The van der Waals surface area contributed by atoms with Crippen LogP contribution < -0.4 is 10.6 Å². The van der Waals surface area contributed by atoms with E-state index in [2.05, 4.69) is 22.8 Å². The van der Waals surface area contributed by atoms with Gasteiger partial charge in [0.15, 0.2) is 0 Å². The van der Waals surface area contributed by atoms with Gasteiger partial charge in [0.25, 0.3) is 0 Å². The fraction of sp³-hybridized carbons (Fsp3) is 0.269. The molecule has 3 aromatic rings. The highest BCUT2D eigenvalue weighted by Gasteiger charge is 2.30. The number of thiophene rings is 1. The van der Waals surface area contributed by atoms with Gasteiger partial charge in [0.1, 0.15) is 12.6 Å². The summed E-state index contributed by atoms with van der Waals surface area (Å²) in [7, 11) is 0. The Hall–Kier alpha value is -3.65. The minimum absolute atomic E-state index is 0.0518. The molecule has 0 bridgehead atoms. The van der Waals surface area contributed by atoms with Crippen LogP contribution in [0, 0.1) is 5.92 Å². The van der Waals surface area contributed by atoms with Crippen LogP contribution in [0.15, 0.2) is 66.0 Å². The Morgan fingerprint density at radius 1 is 1.00 bits per heavy atom. The molecule has 2 atom stereocenters. The van der Waals surface area contributed by atoms with Crippen LogP contribution >= 0.6 is 11.3 Å². The van der Waals surface area contributed by atoms with E-state index in [9.17, 15) is 14.4 Å². The van der Waals surface area contributed by atoms with E-state index in [1.165, 1.54) is 11.3 Å². The highest BCUT2D eigenvalue weighted by atomic mass is 32.1. The van der Waals surface area contributed by atoms with Crippen molar-refractivity contribution < 1.29 is 24.2 Å². The highest BCUT2D eigenvalue weighted by Crippen LogP contribution is 2.44.